The molecule has 0 heterocycles. The molecule has 12 heavy (non-hydrogen) atoms. The number of carboxylic acid groups (broad SMARTS) is 1. The van der Waals surface area contributed by atoms with Crippen LogP contribution in [0.25, 0.3) is 0 Å². The second-order valence-corrected chi connectivity index (χ2v) is 2.48. The lowest BCUT2D eigenvalue weighted by Gasteiger charge is -2.10. The Hall–Kier alpha value is -0.800. The van der Waals surface area contributed by atoms with Crippen molar-refractivity contribution >= 4 is 17.6 Å². The quantitative estimate of drug-likeness (QED) is 0.503. The summed E-state index contributed by atoms with van der Waals surface area (Å²) in [6.45, 7) is 3.30. The predicted molar refractivity (Wildman–Crippen MR) is 47.2 cm³/mol. The monoisotopic (exact) mass is 190 g/mol. The molecule has 2 N–H and O–H groups in total. The highest BCUT2D eigenvalue weighted by Gasteiger charge is 2.20. The van der Waals surface area contributed by atoms with Crippen LogP contribution in [-0.2, 0) is 4.79 Å². The summed E-state index contributed by atoms with van der Waals surface area (Å²) in [5, 5.41) is 17.8. The van der Waals surface area contributed by atoms with Gasteiger partial charge in [-0.1, -0.05) is 18.2 Å². The number of aliphatic hydroxyl groups is 1. The van der Waals surface area contributed by atoms with Gasteiger partial charge in [0.15, 0.2) is 0 Å². The van der Waals surface area contributed by atoms with Crippen molar-refractivity contribution in [2.75, 3.05) is 5.88 Å². The zero-order valence-corrected chi connectivity index (χ0v) is 7.24. The third-order valence-electron chi connectivity index (χ3n) is 1.33. The van der Waals surface area contributed by atoms with E-state index in [2.05, 4.69) is 6.58 Å². The number of halogens is 1. The molecule has 3 nitrogen and oxygen atoms in total. The Bertz CT molecular complexity index is 189. The summed E-state index contributed by atoms with van der Waals surface area (Å²) in [4.78, 5) is 10.4. The summed E-state index contributed by atoms with van der Waals surface area (Å²) in [7, 11) is 0. The molecule has 0 aromatic carbocycles. The maximum Gasteiger partial charge on any atom is 0.313 e. The normalized spacial score (nSPS) is 15.8. The van der Waals surface area contributed by atoms with E-state index in [1.165, 1.54) is 18.2 Å². The molecular formula is C8H11ClO3. The summed E-state index contributed by atoms with van der Waals surface area (Å²) in [5.41, 5.74) is 0. The highest BCUT2D eigenvalue weighted by atomic mass is 35.5. The average molecular weight is 191 g/mol. The van der Waals surface area contributed by atoms with Crippen LogP contribution in [0, 0.1) is 5.92 Å². The lowest BCUT2D eigenvalue weighted by atomic mass is 10.0. The van der Waals surface area contributed by atoms with E-state index >= 15 is 0 Å². The van der Waals surface area contributed by atoms with Crippen molar-refractivity contribution in [3.05, 3.63) is 24.8 Å². The fourth-order valence-corrected chi connectivity index (χ4v) is 0.800. The molecule has 0 aliphatic rings. The molecule has 0 fully saturated rings. The number of allylic oxidation sites excluding steroid dienone is 1. The van der Waals surface area contributed by atoms with Crippen molar-refractivity contribution in [2.45, 2.75) is 6.10 Å². The van der Waals surface area contributed by atoms with Crippen LogP contribution in [0.2, 0.25) is 0 Å². The second kappa shape index (κ2) is 5.80. The van der Waals surface area contributed by atoms with E-state index in [9.17, 15) is 9.90 Å². The smallest absolute Gasteiger partial charge is 0.313 e. The third-order valence-corrected chi connectivity index (χ3v) is 1.51. The SMILES string of the molecule is C=CC(C(=O)O)[C@H](O)/C=C\CCl. The van der Waals surface area contributed by atoms with Crippen LogP contribution >= 0.6 is 11.6 Å². The largest absolute Gasteiger partial charge is 0.481 e. The van der Waals surface area contributed by atoms with Gasteiger partial charge in [0.05, 0.1) is 6.10 Å². The Morgan fingerprint density at radius 1 is 1.67 bits per heavy atom. The fraction of sp³-hybridized carbons (Fsp3) is 0.375. The van der Waals surface area contributed by atoms with E-state index in [1.807, 2.05) is 0 Å². The van der Waals surface area contributed by atoms with Crippen molar-refractivity contribution in [2.24, 2.45) is 5.92 Å². The molecular weight excluding hydrogens is 180 g/mol. The fourth-order valence-electron chi connectivity index (χ4n) is 0.697. The number of aliphatic hydroxyl groups excluding tert-OH is 1. The number of hydrogen-bond donors (Lipinski definition) is 2. The molecule has 0 rings (SSSR count). The van der Waals surface area contributed by atoms with Gasteiger partial charge in [-0.15, -0.1) is 18.2 Å². The van der Waals surface area contributed by atoms with Crippen LogP contribution in [0.5, 0.6) is 0 Å². The maximum atomic E-state index is 10.4. The number of aliphatic carboxylic acids is 1. The van der Waals surface area contributed by atoms with Crippen LogP contribution in [-0.4, -0.2) is 28.2 Å². The molecule has 0 aliphatic carbocycles. The Balaban J connectivity index is 4.21. The van der Waals surface area contributed by atoms with Gasteiger partial charge >= 0.3 is 5.97 Å². The third kappa shape index (κ3) is 3.55. The minimum Gasteiger partial charge on any atom is -0.481 e. The molecule has 4 heteroatoms. The molecule has 0 radical (unpaired) electrons. The number of hydrogen-bond acceptors (Lipinski definition) is 2. The number of rotatable bonds is 5. The van der Waals surface area contributed by atoms with Gasteiger partial charge in [-0.25, -0.2) is 0 Å². The predicted octanol–water partition coefficient (Wildman–Crippen LogP) is 1.03. The van der Waals surface area contributed by atoms with Crippen molar-refractivity contribution in [1.82, 2.24) is 0 Å². The van der Waals surface area contributed by atoms with Crippen molar-refractivity contribution in [1.29, 1.82) is 0 Å². The Kier molecular flexibility index (Phi) is 5.41. The lowest BCUT2D eigenvalue weighted by Crippen LogP contribution is -2.24. The van der Waals surface area contributed by atoms with Crippen LogP contribution in [0.4, 0.5) is 0 Å². The van der Waals surface area contributed by atoms with E-state index < -0.39 is 18.0 Å². The summed E-state index contributed by atoms with van der Waals surface area (Å²) >= 11 is 5.30. The summed E-state index contributed by atoms with van der Waals surface area (Å²) in [6, 6.07) is 0. The van der Waals surface area contributed by atoms with E-state index in [0.717, 1.165) is 0 Å². The molecule has 0 bridgehead atoms. The highest BCUT2D eigenvalue weighted by molar-refractivity contribution is 6.18. The molecule has 2 atom stereocenters. The van der Waals surface area contributed by atoms with Gasteiger partial charge in [0.25, 0.3) is 0 Å². The summed E-state index contributed by atoms with van der Waals surface area (Å²) in [6.07, 6.45) is 2.96. The molecule has 0 spiro atoms. The van der Waals surface area contributed by atoms with Gasteiger partial charge in [0, 0.05) is 5.88 Å². The van der Waals surface area contributed by atoms with Crippen LogP contribution in [0.1, 0.15) is 0 Å². The molecule has 0 amide bonds. The Labute approximate surface area is 76.0 Å². The molecule has 0 saturated carbocycles. The molecule has 0 aromatic rings. The molecule has 0 aliphatic heterocycles. The van der Waals surface area contributed by atoms with Crippen LogP contribution < -0.4 is 0 Å². The summed E-state index contributed by atoms with van der Waals surface area (Å²) in [5.74, 6) is -1.82. The minimum atomic E-state index is -1.10. The van der Waals surface area contributed by atoms with Gasteiger partial charge < -0.3 is 10.2 Å². The maximum absolute atomic E-state index is 10.4. The minimum absolute atomic E-state index is 0.251. The van der Waals surface area contributed by atoms with E-state index in [1.54, 1.807) is 0 Å². The molecule has 68 valence electrons. The second-order valence-electron chi connectivity index (χ2n) is 2.17. The number of alkyl halides is 1. The molecule has 0 saturated heterocycles. The van der Waals surface area contributed by atoms with Crippen molar-refractivity contribution in [3.63, 3.8) is 0 Å². The first-order valence-corrected chi connectivity index (χ1v) is 3.93. The lowest BCUT2D eigenvalue weighted by molar-refractivity contribution is -0.142. The van der Waals surface area contributed by atoms with E-state index in [4.69, 9.17) is 16.7 Å². The average Bonchev–Trinajstić information content (AvgIpc) is 2.01. The standard InChI is InChI=1S/C8H11ClO3/c1-2-6(8(11)12)7(10)4-3-5-9/h2-4,6-7,10H,1,5H2,(H,11,12)/b4-3-/t6?,7-/m1/s1. The van der Waals surface area contributed by atoms with Gasteiger partial charge in [-0.3, -0.25) is 4.79 Å². The first-order chi connectivity index (χ1) is 5.63. The Morgan fingerprint density at radius 3 is 2.58 bits per heavy atom. The van der Waals surface area contributed by atoms with Crippen molar-refractivity contribution in [3.8, 4) is 0 Å². The van der Waals surface area contributed by atoms with E-state index in [0.29, 0.717) is 0 Å². The van der Waals surface area contributed by atoms with Gasteiger partial charge in [-0.2, -0.15) is 0 Å². The Morgan fingerprint density at radius 2 is 2.25 bits per heavy atom. The zero-order chi connectivity index (χ0) is 9.56. The van der Waals surface area contributed by atoms with Gasteiger partial charge in [0.2, 0.25) is 0 Å². The van der Waals surface area contributed by atoms with E-state index in [-0.39, 0.29) is 5.88 Å². The molecule has 1 unspecified atom stereocenters. The summed E-state index contributed by atoms with van der Waals surface area (Å²) < 4.78 is 0. The van der Waals surface area contributed by atoms with Gasteiger partial charge in [-0.05, 0) is 0 Å². The molecule has 0 aromatic heterocycles. The van der Waals surface area contributed by atoms with Crippen molar-refractivity contribution < 1.29 is 15.0 Å². The first-order valence-electron chi connectivity index (χ1n) is 3.39. The number of carboxylic acids is 1. The highest BCUT2D eigenvalue weighted by Crippen LogP contribution is 2.06. The first kappa shape index (κ1) is 11.2. The topological polar surface area (TPSA) is 57.5 Å². The van der Waals surface area contributed by atoms with Crippen LogP contribution in [0.3, 0.4) is 0 Å². The zero-order valence-electron chi connectivity index (χ0n) is 6.48. The van der Waals surface area contributed by atoms with Gasteiger partial charge in [0.1, 0.15) is 5.92 Å². The number of carbonyl (C=O) groups is 1. The van der Waals surface area contributed by atoms with Crippen LogP contribution in [0.15, 0.2) is 24.8 Å².